The number of rotatable bonds is 5. The molecule has 1 unspecified atom stereocenters. The molecule has 0 fully saturated rings. The van der Waals surface area contributed by atoms with E-state index < -0.39 is 16.9 Å². The summed E-state index contributed by atoms with van der Waals surface area (Å²) in [4.78, 5) is 23.1. The number of aromatic nitrogens is 4. The standard InChI is InChI=1S/C16H18N6O4/c1-9(2)8-26-15(23)13-10(3)17-16-18-19-20-21(16)14(13)11-4-6-12(7-5-11)22(24)25/h4-7,9,14H,8H2,1-3H3,(H,17,18,20). The number of anilines is 1. The molecule has 1 aliphatic rings. The highest BCUT2D eigenvalue weighted by atomic mass is 16.6. The molecule has 10 nitrogen and oxygen atoms in total. The van der Waals surface area contributed by atoms with E-state index in [1.54, 1.807) is 19.1 Å². The molecule has 2 heterocycles. The summed E-state index contributed by atoms with van der Waals surface area (Å²) in [6, 6.07) is 5.30. The van der Waals surface area contributed by atoms with Crippen LogP contribution in [0.4, 0.5) is 11.6 Å². The van der Waals surface area contributed by atoms with Crippen molar-refractivity contribution in [3.05, 3.63) is 51.2 Å². The monoisotopic (exact) mass is 358 g/mol. The summed E-state index contributed by atoms with van der Waals surface area (Å²) in [6.07, 6.45) is 0. The molecule has 3 rings (SSSR count). The Morgan fingerprint density at radius 2 is 2.08 bits per heavy atom. The number of hydrogen-bond acceptors (Lipinski definition) is 8. The van der Waals surface area contributed by atoms with Crippen molar-refractivity contribution >= 4 is 17.6 Å². The fourth-order valence-electron chi connectivity index (χ4n) is 2.68. The van der Waals surface area contributed by atoms with E-state index in [1.807, 2.05) is 13.8 Å². The van der Waals surface area contributed by atoms with Crippen molar-refractivity contribution in [2.24, 2.45) is 5.92 Å². The summed E-state index contributed by atoms with van der Waals surface area (Å²) >= 11 is 0. The van der Waals surface area contributed by atoms with E-state index in [-0.39, 0.29) is 18.2 Å². The number of nitro benzene ring substituents is 1. The zero-order chi connectivity index (χ0) is 18.8. The Labute approximate surface area is 149 Å². The number of nitro groups is 1. The van der Waals surface area contributed by atoms with Crippen LogP contribution in [0.25, 0.3) is 0 Å². The lowest BCUT2D eigenvalue weighted by Gasteiger charge is -2.27. The maximum atomic E-state index is 12.7. The van der Waals surface area contributed by atoms with Crippen LogP contribution in [0.15, 0.2) is 35.5 Å². The third-order valence-corrected chi connectivity index (χ3v) is 3.90. The van der Waals surface area contributed by atoms with Crippen LogP contribution in [-0.4, -0.2) is 37.7 Å². The normalized spacial score (nSPS) is 16.2. The molecule has 136 valence electrons. The van der Waals surface area contributed by atoms with Crippen molar-refractivity contribution in [1.82, 2.24) is 20.2 Å². The molecule has 10 heteroatoms. The van der Waals surface area contributed by atoms with Gasteiger partial charge in [0.2, 0.25) is 5.95 Å². The van der Waals surface area contributed by atoms with Gasteiger partial charge in [0.25, 0.3) is 5.69 Å². The number of allylic oxidation sites excluding steroid dienone is 1. The van der Waals surface area contributed by atoms with Crippen LogP contribution in [0, 0.1) is 16.0 Å². The van der Waals surface area contributed by atoms with Gasteiger partial charge in [-0.2, -0.15) is 4.68 Å². The van der Waals surface area contributed by atoms with Gasteiger partial charge < -0.3 is 10.1 Å². The predicted molar refractivity (Wildman–Crippen MR) is 91.2 cm³/mol. The van der Waals surface area contributed by atoms with E-state index >= 15 is 0 Å². The average Bonchev–Trinajstić information content (AvgIpc) is 3.06. The van der Waals surface area contributed by atoms with Gasteiger partial charge in [-0.1, -0.05) is 18.9 Å². The number of carbonyl (C=O) groups excluding carboxylic acids is 1. The number of tetrazole rings is 1. The molecule has 1 aromatic carbocycles. The van der Waals surface area contributed by atoms with Crippen LogP contribution >= 0.6 is 0 Å². The van der Waals surface area contributed by atoms with E-state index in [4.69, 9.17) is 4.74 Å². The zero-order valence-electron chi connectivity index (χ0n) is 14.5. The highest BCUT2D eigenvalue weighted by Gasteiger charge is 2.35. The van der Waals surface area contributed by atoms with Gasteiger partial charge in [-0.05, 0) is 41.0 Å². The minimum Gasteiger partial charge on any atom is -0.462 e. The second-order valence-corrected chi connectivity index (χ2v) is 6.35. The van der Waals surface area contributed by atoms with Crippen molar-refractivity contribution in [3.63, 3.8) is 0 Å². The number of hydrogen-bond donors (Lipinski definition) is 1. The van der Waals surface area contributed by atoms with Gasteiger partial charge >= 0.3 is 5.97 Å². The molecule has 1 aliphatic heterocycles. The molecule has 0 saturated heterocycles. The number of esters is 1. The third kappa shape index (κ3) is 3.25. The molecule has 0 spiro atoms. The third-order valence-electron chi connectivity index (χ3n) is 3.90. The van der Waals surface area contributed by atoms with Crippen molar-refractivity contribution in [3.8, 4) is 0 Å². The van der Waals surface area contributed by atoms with Gasteiger partial charge in [0.15, 0.2) is 0 Å². The molecule has 1 aromatic heterocycles. The van der Waals surface area contributed by atoms with E-state index in [9.17, 15) is 14.9 Å². The molecule has 0 bridgehead atoms. The Morgan fingerprint density at radius 3 is 2.69 bits per heavy atom. The fourth-order valence-corrected chi connectivity index (χ4v) is 2.68. The lowest BCUT2D eigenvalue weighted by molar-refractivity contribution is -0.384. The molecule has 0 saturated carbocycles. The maximum absolute atomic E-state index is 12.7. The first kappa shape index (κ1) is 17.5. The van der Waals surface area contributed by atoms with Crippen molar-refractivity contribution in [2.75, 3.05) is 11.9 Å². The number of ether oxygens (including phenoxy) is 1. The minimum atomic E-state index is -0.637. The predicted octanol–water partition coefficient (Wildman–Crippen LogP) is 2.07. The SMILES string of the molecule is CC1=C(C(=O)OCC(C)C)C(c2ccc([N+](=O)[O-])cc2)n2nnnc2N1. The van der Waals surface area contributed by atoms with Crippen LogP contribution in [0.3, 0.4) is 0 Å². The Hall–Kier alpha value is -3.30. The van der Waals surface area contributed by atoms with Crippen LogP contribution in [0.5, 0.6) is 0 Å². The number of non-ortho nitro benzene ring substituents is 1. The first-order chi connectivity index (χ1) is 12.4. The maximum Gasteiger partial charge on any atom is 0.338 e. The summed E-state index contributed by atoms with van der Waals surface area (Å²) in [5, 5.41) is 25.4. The molecule has 1 N–H and O–H groups in total. The first-order valence-corrected chi connectivity index (χ1v) is 8.05. The van der Waals surface area contributed by atoms with Gasteiger partial charge in [0.1, 0.15) is 6.04 Å². The molecular weight excluding hydrogens is 340 g/mol. The second-order valence-electron chi connectivity index (χ2n) is 6.35. The van der Waals surface area contributed by atoms with Crippen molar-refractivity contribution < 1.29 is 14.5 Å². The molecular formula is C16H18N6O4. The largest absolute Gasteiger partial charge is 0.462 e. The zero-order valence-corrected chi connectivity index (χ0v) is 14.5. The summed E-state index contributed by atoms with van der Waals surface area (Å²) in [6.45, 7) is 5.91. The number of carbonyl (C=O) groups is 1. The van der Waals surface area contributed by atoms with Crippen LogP contribution in [0.2, 0.25) is 0 Å². The lowest BCUT2D eigenvalue weighted by Crippen LogP contribution is -2.30. The Morgan fingerprint density at radius 1 is 1.38 bits per heavy atom. The lowest BCUT2D eigenvalue weighted by atomic mass is 9.95. The molecule has 26 heavy (non-hydrogen) atoms. The van der Waals surface area contributed by atoms with E-state index in [2.05, 4.69) is 20.8 Å². The quantitative estimate of drug-likeness (QED) is 0.489. The Balaban J connectivity index is 2.02. The van der Waals surface area contributed by atoms with Crippen molar-refractivity contribution in [2.45, 2.75) is 26.8 Å². The average molecular weight is 358 g/mol. The highest BCUT2D eigenvalue weighted by Crippen LogP contribution is 2.35. The van der Waals surface area contributed by atoms with Gasteiger partial charge in [-0.3, -0.25) is 10.1 Å². The van der Waals surface area contributed by atoms with Gasteiger partial charge in [-0.25, -0.2) is 4.79 Å². The molecule has 0 aliphatic carbocycles. The van der Waals surface area contributed by atoms with Gasteiger partial charge in [0.05, 0.1) is 17.1 Å². The number of nitrogens with one attached hydrogen (secondary N) is 1. The van der Waals surface area contributed by atoms with Gasteiger partial charge in [-0.15, -0.1) is 0 Å². The second kappa shape index (κ2) is 6.90. The van der Waals surface area contributed by atoms with Crippen LogP contribution in [-0.2, 0) is 9.53 Å². The summed E-state index contributed by atoms with van der Waals surface area (Å²) in [5.41, 5.74) is 1.54. The molecule has 0 radical (unpaired) electrons. The molecule has 1 atom stereocenters. The van der Waals surface area contributed by atoms with E-state index in [1.165, 1.54) is 16.8 Å². The first-order valence-electron chi connectivity index (χ1n) is 8.05. The number of benzene rings is 1. The number of nitrogens with zero attached hydrogens (tertiary/aromatic N) is 5. The number of fused-ring (bicyclic) bond motifs is 1. The van der Waals surface area contributed by atoms with Crippen LogP contribution in [0.1, 0.15) is 32.4 Å². The van der Waals surface area contributed by atoms with Crippen molar-refractivity contribution in [1.29, 1.82) is 0 Å². The van der Waals surface area contributed by atoms with E-state index in [0.717, 1.165) is 0 Å². The minimum absolute atomic E-state index is 0.0377. The fraction of sp³-hybridized carbons (Fsp3) is 0.375. The topological polar surface area (TPSA) is 125 Å². The molecule has 0 amide bonds. The Bertz CT molecular complexity index is 871. The summed E-state index contributed by atoms with van der Waals surface area (Å²) in [7, 11) is 0. The Kier molecular flexibility index (Phi) is 4.65. The van der Waals surface area contributed by atoms with Gasteiger partial charge in [0, 0.05) is 17.8 Å². The van der Waals surface area contributed by atoms with E-state index in [0.29, 0.717) is 22.8 Å². The summed E-state index contributed by atoms with van der Waals surface area (Å²) < 4.78 is 6.85. The van der Waals surface area contributed by atoms with Crippen LogP contribution < -0.4 is 5.32 Å². The smallest absolute Gasteiger partial charge is 0.338 e. The summed E-state index contributed by atoms with van der Waals surface area (Å²) in [5.74, 6) is 0.0947. The highest BCUT2D eigenvalue weighted by molar-refractivity contribution is 5.92. The molecule has 2 aromatic rings.